The van der Waals surface area contributed by atoms with Crippen LogP contribution in [-0.4, -0.2) is 15.0 Å². The van der Waals surface area contributed by atoms with Crippen LogP contribution in [0.3, 0.4) is 0 Å². The average Bonchev–Trinajstić information content (AvgIpc) is 3.27. The number of nitrogens with zero attached hydrogens (tertiary/aromatic N) is 4. The number of rotatable bonds is 7. The highest BCUT2D eigenvalue weighted by atomic mass is 15.1. The molecule has 4 nitrogen and oxygen atoms in total. The van der Waals surface area contributed by atoms with E-state index < -0.39 is 0 Å². The van der Waals surface area contributed by atoms with Crippen molar-refractivity contribution in [2.24, 2.45) is 0 Å². The van der Waals surface area contributed by atoms with Crippen LogP contribution in [0.4, 0.5) is 17.1 Å². The van der Waals surface area contributed by atoms with Crippen molar-refractivity contribution in [1.82, 2.24) is 15.0 Å². The number of pyridine rings is 1. The maximum Gasteiger partial charge on any atom is 0.160 e. The monoisotopic (exact) mass is 702 g/mol. The van der Waals surface area contributed by atoms with Gasteiger partial charge in [-0.3, -0.25) is 0 Å². The number of hydrogen-bond donors (Lipinski definition) is 0. The third kappa shape index (κ3) is 6.06. The normalized spacial score (nSPS) is 11.3. The van der Waals surface area contributed by atoms with Crippen molar-refractivity contribution in [3.8, 4) is 45.2 Å². The van der Waals surface area contributed by atoms with Gasteiger partial charge in [-0.1, -0.05) is 158 Å². The second-order valence-corrected chi connectivity index (χ2v) is 13.7. The molecule has 0 unspecified atom stereocenters. The molecule has 0 saturated carbocycles. The molecule has 0 radical (unpaired) electrons. The van der Waals surface area contributed by atoms with Gasteiger partial charge in [0.2, 0.25) is 0 Å². The van der Waals surface area contributed by atoms with Crippen LogP contribution in [0.2, 0.25) is 0 Å². The van der Waals surface area contributed by atoms with Gasteiger partial charge in [0.1, 0.15) is 0 Å². The van der Waals surface area contributed by atoms with Crippen LogP contribution < -0.4 is 4.90 Å². The summed E-state index contributed by atoms with van der Waals surface area (Å²) in [5, 5.41) is 5.72. The minimum atomic E-state index is 0.705. The van der Waals surface area contributed by atoms with Gasteiger partial charge in [-0.2, -0.15) is 0 Å². The fourth-order valence-electron chi connectivity index (χ4n) is 7.61. The number of aromatic nitrogens is 3. The molecule has 0 fully saturated rings. The summed E-state index contributed by atoms with van der Waals surface area (Å²) in [6.45, 7) is 0. The second kappa shape index (κ2) is 13.8. The number of anilines is 3. The zero-order valence-corrected chi connectivity index (χ0v) is 29.9. The second-order valence-electron chi connectivity index (χ2n) is 13.7. The Morgan fingerprint density at radius 3 is 1.49 bits per heavy atom. The summed E-state index contributed by atoms with van der Waals surface area (Å²) >= 11 is 0. The topological polar surface area (TPSA) is 41.9 Å². The van der Waals surface area contributed by atoms with Crippen molar-refractivity contribution in [2.45, 2.75) is 0 Å². The summed E-state index contributed by atoms with van der Waals surface area (Å²) in [6, 6.07) is 72.0. The summed E-state index contributed by atoms with van der Waals surface area (Å²) in [4.78, 5) is 17.8. The molecule has 0 N–H and O–H groups in total. The van der Waals surface area contributed by atoms with Gasteiger partial charge in [-0.25, -0.2) is 15.0 Å². The molecular formula is C51H34N4. The van der Waals surface area contributed by atoms with Gasteiger partial charge >= 0.3 is 0 Å². The van der Waals surface area contributed by atoms with E-state index in [4.69, 9.17) is 15.0 Å². The van der Waals surface area contributed by atoms with E-state index in [-0.39, 0.29) is 0 Å². The van der Waals surface area contributed by atoms with Crippen LogP contribution in [0.15, 0.2) is 206 Å². The molecule has 0 aliphatic carbocycles. The van der Waals surface area contributed by atoms with E-state index in [1.54, 1.807) is 0 Å². The Kier molecular flexibility index (Phi) is 8.12. The minimum Gasteiger partial charge on any atom is -0.310 e. The van der Waals surface area contributed by atoms with E-state index in [9.17, 15) is 0 Å². The standard InChI is InChI=1S/C51H34N4/c1-6-16-35(17-7-1)46-34-47(54-51(53-46)37-20-10-3-11-21-37)39-27-29-43-38(32-39)26-30-45-49(43)44-31-28-42(33-48(44)52-50(45)36-18-8-2-9-19-36)55(40-22-12-4-13-23-40)41-24-14-5-15-25-41/h1-34H. The Morgan fingerprint density at radius 1 is 0.327 bits per heavy atom. The molecule has 0 atom stereocenters. The lowest BCUT2D eigenvalue weighted by atomic mass is 9.93. The van der Waals surface area contributed by atoms with Crippen molar-refractivity contribution >= 4 is 49.5 Å². The lowest BCUT2D eigenvalue weighted by Gasteiger charge is -2.26. The maximum absolute atomic E-state index is 5.41. The van der Waals surface area contributed by atoms with Crippen LogP contribution in [0, 0.1) is 0 Å². The van der Waals surface area contributed by atoms with Gasteiger partial charge < -0.3 is 4.90 Å². The number of hydrogen-bond acceptors (Lipinski definition) is 4. The Labute approximate surface area is 319 Å². The molecule has 0 aliphatic heterocycles. The number of fused-ring (bicyclic) bond motifs is 5. The van der Waals surface area contributed by atoms with Crippen molar-refractivity contribution in [1.29, 1.82) is 0 Å². The highest BCUT2D eigenvalue weighted by Crippen LogP contribution is 2.41. The third-order valence-corrected chi connectivity index (χ3v) is 10.2. The molecule has 10 rings (SSSR count). The Bertz CT molecular complexity index is 2850. The largest absolute Gasteiger partial charge is 0.310 e. The maximum atomic E-state index is 5.41. The molecule has 2 heterocycles. The van der Waals surface area contributed by atoms with Crippen LogP contribution in [0.1, 0.15) is 0 Å². The highest BCUT2D eigenvalue weighted by molar-refractivity contribution is 6.23. The molecule has 10 aromatic rings. The van der Waals surface area contributed by atoms with Gasteiger partial charge in [0.05, 0.1) is 22.6 Å². The van der Waals surface area contributed by atoms with Crippen molar-refractivity contribution < 1.29 is 0 Å². The molecule has 0 spiro atoms. The van der Waals surface area contributed by atoms with Crippen LogP contribution in [0.25, 0.3) is 77.6 Å². The summed E-state index contributed by atoms with van der Waals surface area (Å²) in [5.41, 5.74) is 11.1. The molecule has 0 aliphatic rings. The Hall–Kier alpha value is -7.43. The van der Waals surface area contributed by atoms with E-state index in [0.29, 0.717) is 5.82 Å². The summed E-state index contributed by atoms with van der Waals surface area (Å²) in [5.74, 6) is 0.705. The molecule has 258 valence electrons. The van der Waals surface area contributed by atoms with Crippen molar-refractivity contribution in [3.63, 3.8) is 0 Å². The lowest BCUT2D eigenvalue weighted by molar-refractivity contribution is 1.18. The smallest absolute Gasteiger partial charge is 0.160 e. The predicted octanol–water partition coefficient (Wildman–Crippen LogP) is 13.5. The van der Waals surface area contributed by atoms with E-state index >= 15 is 0 Å². The summed E-state index contributed by atoms with van der Waals surface area (Å²) in [7, 11) is 0. The molecule has 0 amide bonds. The van der Waals surface area contributed by atoms with Crippen LogP contribution in [-0.2, 0) is 0 Å². The van der Waals surface area contributed by atoms with E-state index in [1.165, 1.54) is 10.8 Å². The van der Waals surface area contributed by atoms with Crippen LogP contribution in [0.5, 0.6) is 0 Å². The molecule has 0 bridgehead atoms. The van der Waals surface area contributed by atoms with Gasteiger partial charge in [-0.15, -0.1) is 0 Å². The molecule has 2 aromatic heterocycles. The van der Waals surface area contributed by atoms with Crippen molar-refractivity contribution in [2.75, 3.05) is 4.90 Å². The summed E-state index contributed by atoms with van der Waals surface area (Å²) < 4.78 is 0. The fraction of sp³-hybridized carbons (Fsp3) is 0. The first-order chi connectivity index (χ1) is 27.3. The Morgan fingerprint density at radius 2 is 0.855 bits per heavy atom. The highest BCUT2D eigenvalue weighted by Gasteiger charge is 2.18. The first-order valence-corrected chi connectivity index (χ1v) is 18.5. The minimum absolute atomic E-state index is 0.705. The molecule has 55 heavy (non-hydrogen) atoms. The van der Waals surface area contributed by atoms with E-state index in [1.807, 2.05) is 36.4 Å². The molecule has 0 saturated heterocycles. The quantitative estimate of drug-likeness (QED) is 0.155. The first-order valence-electron chi connectivity index (χ1n) is 18.5. The fourth-order valence-corrected chi connectivity index (χ4v) is 7.61. The third-order valence-electron chi connectivity index (χ3n) is 10.2. The zero-order chi connectivity index (χ0) is 36.6. The number of benzene rings is 8. The molecule has 8 aromatic carbocycles. The molecule has 4 heteroatoms. The first kappa shape index (κ1) is 32.2. The molecular weight excluding hydrogens is 669 g/mol. The van der Waals surface area contributed by atoms with E-state index in [0.717, 1.165) is 78.1 Å². The van der Waals surface area contributed by atoms with Gasteiger partial charge in [-0.05, 0) is 59.3 Å². The SMILES string of the molecule is c1ccc(-c2cc(-c3ccc4c(ccc5c(-c6ccccc6)nc6cc(N(c7ccccc7)c7ccccc7)ccc6c54)c3)nc(-c3ccccc3)n2)cc1. The average molecular weight is 703 g/mol. The predicted molar refractivity (Wildman–Crippen MR) is 229 cm³/mol. The number of para-hydroxylation sites is 2. The lowest BCUT2D eigenvalue weighted by Crippen LogP contribution is -2.09. The van der Waals surface area contributed by atoms with Crippen LogP contribution >= 0.6 is 0 Å². The zero-order valence-electron chi connectivity index (χ0n) is 29.9. The Balaban J connectivity index is 1.18. The van der Waals surface area contributed by atoms with Gasteiger partial charge in [0.25, 0.3) is 0 Å². The van der Waals surface area contributed by atoms with Gasteiger partial charge in [0, 0.05) is 55.5 Å². The van der Waals surface area contributed by atoms with E-state index in [2.05, 4.69) is 175 Å². The van der Waals surface area contributed by atoms with Crippen molar-refractivity contribution in [3.05, 3.63) is 206 Å². The van der Waals surface area contributed by atoms with Gasteiger partial charge in [0.15, 0.2) is 5.82 Å². The summed E-state index contributed by atoms with van der Waals surface area (Å²) in [6.07, 6.45) is 0.